The zero-order valence-corrected chi connectivity index (χ0v) is 16.8. The van der Waals surface area contributed by atoms with E-state index in [1.165, 1.54) is 18.3 Å². The lowest BCUT2D eigenvalue weighted by atomic mass is 10.1. The zero-order chi connectivity index (χ0) is 20.9. The summed E-state index contributed by atoms with van der Waals surface area (Å²) in [6.07, 6.45) is 0. The summed E-state index contributed by atoms with van der Waals surface area (Å²) in [4.78, 5) is 59.2. The molecule has 0 fully saturated rings. The summed E-state index contributed by atoms with van der Waals surface area (Å²) < 4.78 is 5.23. The van der Waals surface area contributed by atoms with Crippen LogP contribution >= 0.6 is 11.3 Å². The normalized spacial score (nSPS) is 14.4. The molecule has 1 unspecified atom stereocenters. The van der Waals surface area contributed by atoms with Crippen LogP contribution in [0.3, 0.4) is 0 Å². The van der Waals surface area contributed by atoms with Gasteiger partial charge in [-0.1, -0.05) is 12.1 Å². The van der Waals surface area contributed by atoms with Gasteiger partial charge in [-0.2, -0.15) is 0 Å². The van der Waals surface area contributed by atoms with E-state index < -0.39 is 23.8 Å². The third-order valence-electron chi connectivity index (χ3n) is 4.99. The fraction of sp³-hybridized carbons (Fsp3) is 0.250. The van der Waals surface area contributed by atoms with E-state index in [0.29, 0.717) is 10.2 Å². The molecule has 3 heterocycles. The van der Waals surface area contributed by atoms with Crippen molar-refractivity contribution in [3.63, 3.8) is 0 Å². The second-order valence-electron chi connectivity index (χ2n) is 6.79. The van der Waals surface area contributed by atoms with Gasteiger partial charge in [-0.05, 0) is 38.5 Å². The summed E-state index contributed by atoms with van der Waals surface area (Å²) in [6.45, 7) is 4.92. The Balaban J connectivity index is 1.51. The monoisotopic (exact) mass is 411 g/mol. The Morgan fingerprint density at radius 2 is 1.79 bits per heavy atom. The minimum absolute atomic E-state index is 0.201. The van der Waals surface area contributed by atoms with E-state index >= 15 is 0 Å². The van der Waals surface area contributed by atoms with Gasteiger partial charge >= 0.3 is 5.97 Å². The number of aromatic amines is 1. The number of nitrogens with zero attached hydrogens (tertiary/aromatic N) is 2. The summed E-state index contributed by atoms with van der Waals surface area (Å²) in [5.41, 5.74) is 1.10. The van der Waals surface area contributed by atoms with Gasteiger partial charge in [0.15, 0.2) is 0 Å². The molecule has 3 aromatic rings. The Morgan fingerprint density at radius 3 is 2.41 bits per heavy atom. The van der Waals surface area contributed by atoms with Crippen LogP contribution in [0.1, 0.15) is 43.9 Å². The van der Waals surface area contributed by atoms with Crippen LogP contribution in [0.15, 0.2) is 29.1 Å². The van der Waals surface area contributed by atoms with Crippen molar-refractivity contribution < 1.29 is 19.1 Å². The highest BCUT2D eigenvalue weighted by molar-refractivity contribution is 7.18. The van der Waals surface area contributed by atoms with Gasteiger partial charge in [0.2, 0.25) is 0 Å². The highest BCUT2D eigenvalue weighted by atomic mass is 32.1. The third-order valence-corrected chi connectivity index (χ3v) is 6.09. The van der Waals surface area contributed by atoms with Crippen molar-refractivity contribution >= 4 is 39.3 Å². The first-order chi connectivity index (χ1) is 13.8. The van der Waals surface area contributed by atoms with Crippen molar-refractivity contribution in [2.45, 2.75) is 33.4 Å². The van der Waals surface area contributed by atoms with Crippen LogP contribution in [-0.2, 0) is 16.1 Å². The van der Waals surface area contributed by atoms with E-state index in [1.54, 1.807) is 24.3 Å². The molecule has 8 nitrogen and oxygen atoms in total. The average molecular weight is 411 g/mol. The highest BCUT2D eigenvalue weighted by Crippen LogP contribution is 2.26. The Kier molecular flexibility index (Phi) is 4.54. The zero-order valence-electron chi connectivity index (χ0n) is 15.9. The molecule has 29 heavy (non-hydrogen) atoms. The molecule has 9 heteroatoms. The maximum Gasteiger partial charge on any atom is 0.329 e. The minimum atomic E-state index is -1.11. The van der Waals surface area contributed by atoms with E-state index in [1.807, 2.05) is 13.8 Å². The number of hydrogen-bond donors (Lipinski definition) is 1. The number of H-pyrrole nitrogens is 1. The van der Waals surface area contributed by atoms with Crippen LogP contribution in [-0.4, -0.2) is 38.7 Å². The smallest absolute Gasteiger partial charge is 0.329 e. The number of carbonyl (C=O) groups excluding carboxylic acids is 3. The van der Waals surface area contributed by atoms with E-state index in [-0.39, 0.29) is 29.1 Å². The molecule has 0 radical (unpaired) electrons. The molecule has 148 valence electrons. The Hall–Kier alpha value is -3.33. The van der Waals surface area contributed by atoms with Gasteiger partial charge < -0.3 is 9.72 Å². The molecule has 2 aromatic heterocycles. The Bertz CT molecular complexity index is 1210. The number of ether oxygens (including phenoxy) is 1. The molecule has 1 atom stereocenters. The summed E-state index contributed by atoms with van der Waals surface area (Å²) in [5.74, 6) is -1.63. The fourth-order valence-corrected chi connectivity index (χ4v) is 4.34. The number of aromatic nitrogens is 2. The van der Waals surface area contributed by atoms with E-state index in [2.05, 4.69) is 9.97 Å². The fourth-order valence-electron chi connectivity index (χ4n) is 3.29. The summed E-state index contributed by atoms with van der Waals surface area (Å²) in [5, 5.41) is 0.530. The number of hydrogen-bond acceptors (Lipinski definition) is 7. The second kappa shape index (κ2) is 6.93. The van der Waals surface area contributed by atoms with Gasteiger partial charge in [-0.25, -0.2) is 9.78 Å². The average Bonchev–Trinajstić information content (AvgIpc) is 3.13. The number of imide groups is 1. The second-order valence-corrected chi connectivity index (χ2v) is 7.99. The molecule has 2 amide bonds. The van der Waals surface area contributed by atoms with Gasteiger partial charge in [0.05, 0.1) is 16.5 Å². The van der Waals surface area contributed by atoms with E-state index in [9.17, 15) is 19.2 Å². The van der Waals surface area contributed by atoms with Crippen molar-refractivity contribution in [2.24, 2.45) is 0 Å². The molecule has 4 rings (SSSR count). The number of esters is 1. The van der Waals surface area contributed by atoms with Crippen LogP contribution < -0.4 is 5.56 Å². The number of aryl methyl sites for hydroxylation is 2. The topological polar surface area (TPSA) is 109 Å². The summed E-state index contributed by atoms with van der Waals surface area (Å²) in [6, 6.07) is 5.29. The number of rotatable bonds is 4. The molecular formula is C20H17N3O5S. The SMILES string of the molecule is Cc1sc2nc(COC(=O)C(C)N3C(=O)c4ccccc4C3=O)[nH]c(=O)c2c1C. The van der Waals surface area contributed by atoms with Crippen molar-refractivity contribution in [2.75, 3.05) is 0 Å². The van der Waals surface area contributed by atoms with Gasteiger partial charge in [-0.3, -0.25) is 19.3 Å². The molecule has 1 aliphatic heterocycles. The lowest BCUT2D eigenvalue weighted by Crippen LogP contribution is -2.43. The molecule has 0 bridgehead atoms. The molecule has 1 aliphatic rings. The molecule has 1 N–H and O–H groups in total. The van der Waals surface area contributed by atoms with Gasteiger partial charge in [-0.15, -0.1) is 11.3 Å². The number of amides is 2. The molecular weight excluding hydrogens is 394 g/mol. The van der Waals surface area contributed by atoms with Crippen LogP contribution in [0.25, 0.3) is 10.2 Å². The quantitative estimate of drug-likeness (QED) is 0.521. The highest BCUT2D eigenvalue weighted by Gasteiger charge is 2.41. The maximum absolute atomic E-state index is 12.5. The Morgan fingerprint density at radius 1 is 1.17 bits per heavy atom. The lowest BCUT2D eigenvalue weighted by molar-refractivity contribution is -0.149. The van der Waals surface area contributed by atoms with Gasteiger partial charge in [0, 0.05) is 4.88 Å². The largest absolute Gasteiger partial charge is 0.456 e. The van der Waals surface area contributed by atoms with Crippen LogP contribution in [0.2, 0.25) is 0 Å². The summed E-state index contributed by atoms with van der Waals surface area (Å²) >= 11 is 1.39. The molecule has 0 aliphatic carbocycles. The molecule has 0 saturated heterocycles. The van der Waals surface area contributed by atoms with Crippen molar-refractivity contribution in [3.8, 4) is 0 Å². The molecule has 0 spiro atoms. The maximum atomic E-state index is 12.5. The predicted octanol–water partition coefficient (Wildman–Crippen LogP) is 2.33. The molecule has 0 saturated carbocycles. The van der Waals surface area contributed by atoms with Crippen LogP contribution in [0.4, 0.5) is 0 Å². The first-order valence-electron chi connectivity index (χ1n) is 8.92. The number of thiophene rings is 1. The number of fused-ring (bicyclic) bond motifs is 2. The number of benzene rings is 1. The first-order valence-corrected chi connectivity index (χ1v) is 9.73. The minimum Gasteiger partial charge on any atom is -0.456 e. The van der Waals surface area contributed by atoms with Crippen molar-refractivity contribution in [1.29, 1.82) is 0 Å². The van der Waals surface area contributed by atoms with Gasteiger partial charge in [0.25, 0.3) is 17.4 Å². The Labute approximate surface area is 169 Å². The first kappa shape index (κ1) is 19.0. The number of nitrogens with one attached hydrogen (secondary N) is 1. The predicted molar refractivity (Wildman–Crippen MR) is 106 cm³/mol. The molecule has 1 aromatic carbocycles. The third kappa shape index (κ3) is 3.03. The van der Waals surface area contributed by atoms with Crippen molar-refractivity contribution in [1.82, 2.24) is 14.9 Å². The van der Waals surface area contributed by atoms with E-state index in [0.717, 1.165) is 15.3 Å². The standard InChI is InChI=1S/C20H17N3O5S/c1-9-11(3)29-17-15(9)16(24)21-14(22-17)8-28-20(27)10(2)23-18(25)12-6-4-5-7-13(12)19(23)26/h4-7,10H,8H2,1-3H3,(H,21,22,24). The van der Waals surface area contributed by atoms with Crippen LogP contribution in [0, 0.1) is 13.8 Å². The number of carbonyl (C=O) groups is 3. The van der Waals surface area contributed by atoms with Crippen molar-refractivity contribution in [3.05, 3.63) is 62.0 Å². The summed E-state index contributed by atoms with van der Waals surface area (Å²) in [7, 11) is 0. The van der Waals surface area contributed by atoms with Gasteiger partial charge in [0.1, 0.15) is 23.3 Å². The van der Waals surface area contributed by atoms with Crippen LogP contribution in [0.5, 0.6) is 0 Å². The lowest BCUT2D eigenvalue weighted by Gasteiger charge is -2.20. The van der Waals surface area contributed by atoms with E-state index in [4.69, 9.17) is 4.74 Å².